The number of ketones is 1. The molecule has 0 amide bonds. The first-order chi connectivity index (χ1) is 16.0. The summed E-state index contributed by atoms with van der Waals surface area (Å²) in [6, 6.07) is 4.34. The Balaban J connectivity index is 1.81. The van der Waals surface area contributed by atoms with Crippen molar-refractivity contribution in [2.24, 2.45) is 0 Å². The molecule has 184 valence electrons. The standard InChI is InChI=1S/C24H30N2O7S/c1-14-9-10-18(13-19(14)34(30,31)26-11-7-6-8-12-26)23(28)33-17(4)22(27)21-15(2)20(16(3)25-21)24(29)32-5/h9-10,13,17,25H,6-8,11-12H2,1-5H3. The van der Waals surface area contributed by atoms with Gasteiger partial charge in [0.25, 0.3) is 0 Å². The van der Waals surface area contributed by atoms with Gasteiger partial charge in [-0.3, -0.25) is 4.79 Å². The van der Waals surface area contributed by atoms with Crippen LogP contribution in [-0.4, -0.2) is 61.7 Å². The fraction of sp³-hybridized carbons (Fsp3) is 0.458. The van der Waals surface area contributed by atoms with Crippen molar-refractivity contribution in [1.82, 2.24) is 9.29 Å². The largest absolute Gasteiger partial charge is 0.465 e. The second-order valence-electron chi connectivity index (χ2n) is 8.47. The van der Waals surface area contributed by atoms with Crippen LogP contribution in [0.4, 0.5) is 0 Å². The van der Waals surface area contributed by atoms with Crippen molar-refractivity contribution < 1.29 is 32.3 Å². The fourth-order valence-corrected chi connectivity index (χ4v) is 5.91. The minimum atomic E-state index is -3.75. The lowest BCUT2D eigenvalue weighted by molar-refractivity contribution is 0.0316. The highest BCUT2D eigenvalue weighted by molar-refractivity contribution is 7.89. The van der Waals surface area contributed by atoms with Crippen LogP contribution >= 0.6 is 0 Å². The normalized spacial score (nSPS) is 15.6. The van der Waals surface area contributed by atoms with E-state index >= 15 is 0 Å². The molecule has 10 heteroatoms. The summed E-state index contributed by atoms with van der Waals surface area (Å²) in [5.74, 6) is -1.90. The van der Waals surface area contributed by atoms with Gasteiger partial charge in [-0.05, 0) is 63.8 Å². The second-order valence-corrected chi connectivity index (χ2v) is 10.4. The van der Waals surface area contributed by atoms with Crippen LogP contribution in [0.1, 0.15) is 74.2 Å². The van der Waals surface area contributed by atoms with Gasteiger partial charge in [0.15, 0.2) is 6.10 Å². The van der Waals surface area contributed by atoms with Crippen molar-refractivity contribution in [2.45, 2.75) is 58.0 Å². The number of carbonyl (C=O) groups is 3. The number of nitrogens with zero attached hydrogens (tertiary/aromatic N) is 1. The van der Waals surface area contributed by atoms with E-state index in [0.29, 0.717) is 29.9 Å². The maximum atomic E-state index is 13.1. The Labute approximate surface area is 199 Å². The van der Waals surface area contributed by atoms with Crippen LogP contribution in [-0.2, 0) is 19.5 Å². The zero-order valence-corrected chi connectivity index (χ0v) is 20.9. The number of aromatic amines is 1. The Hall–Kier alpha value is -2.98. The molecule has 1 aliphatic heterocycles. The van der Waals surface area contributed by atoms with Gasteiger partial charge in [0.1, 0.15) is 0 Å². The first-order valence-electron chi connectivity index (χ1n) is 11.1. The highest BCUT2D eigenvalue weighted by Gasteiger charge is 2.30. The maximum Gasteiger partial charge on any atom is 0.339 e. The molecule has 1 aliphatic rings. The molecule has 0 bridgehead atoms. The zero-order chi connectivity index (χ0) is 25.2. The Bertz CT molecular complexity index is 1220. The van der Waals surface area contributed by atoms with Crippen molar-refractivity contribution in [2.75, 3.05) is 20.2 Å². The third-order valence-electron chi connectivity index (χ3n) is 6.08. The number of benzene rings is 1. The molecule has 9 nitrogen and oxygen atoms in total. The Kier molecular flexibility index (Phi) is 7.62. The van der Waals surface area contributed by atoms with Gasteiger partial charge in [-0.15, -0.1) is 0 Å². The Morgan fingerprint density at radius 2 is 1.68 bits per heavy atom. The van der Waals surface area contributed by atoms with Gasteiger partial charge in [-0.1, -0.05) is 12.5 Å². The van der Waals surface area contributed by atoms with Crippen molar-refractivity contribution in [1.29, 1.82) is 0 Å². The van der Waals surface area contributed by atoms with Crippen LogP contribution in [0, 0.1) is 20.8 Å². The number of aromatic nitrogens is 1. The number of carbonyl (C=O) groups excluding carboxylic acids is 3. The van der Waals surface area contributed by atoms with Gasteiger partial charge < -0.3 is 14.5 Å². The van der Waals surface area contributed by atoms with Gasteiger partial charge in [0, 0.05) is 18.8 Å². The van der Waals surface area contributed by atoms with Crippen molar-refractivity contribution in [3.63, 3.8) is 0 Å². The molecule has 2 aromatic rings. The summed E-state index contributed by atoms with van der Waals surface area (Å²) in [6.45, 7) is 7.24. The summed E-state index contributed by atoms with van der Waals surface area (Å²) in [4.78, 5) is 40.6. The molecule has 0 radical (unpaired) electrons. The summed E-state index contributed by atoms with van der Waals surface area (Å²) in [5.41, 5.74) is 1.85. The number of hydrogen-bond donors (Lipinski definition) is 1. The minimum absolute atomic E-state index is 0.0375. The molecular weight excluding hydrogens is 460 g/mol. The molecule has 2 heterocycles. The summed E-state index contributed by atoms with van der Waals surface area (Å²) in [7, 11) is -2.49. The highest BCUT2D eigenvalue weighted by Crippen LogP contribution is 2.25. The number of nitrogens with one attached hydrogen (secondary N) is 1. The number of hydrogen-bond acceptors (Lipinski definition) is 7. The van der Waals surface area contributed by atoms with E-state index in [0.717, 1.165) is 19.3 Å². The minimum Gasteiger partial charge on any atom is -0.465 e. The van der Waals surface area contributed by atoms with E-state index < -0.39 is 33.8 Å². The van der Waals surface area contributed by atoms with Crippen molar-refractivity contribution >= 4 is 27.7 Å². The third kappa shape index (κ3) is 4.92. The molecule has 1 aromatic heterocycles. The quantitative estimate of drug-likeness (QED) is 0.466. The average Bonchev–Trinajstić information content (AvgIpc) is 3.12. The van der Waals surface area contributed by atoms with Gasteiger partial charge in [-0.2, -0.15) is 4.31 Å². The highest BCUT2D eigenvalue weighted by atomic mass is 32.2. The fourth-order valence-electron chi connectivity index (χ4n) is 4.14. The molecular formula is C24H30N2O7S. The number of sulfonamides is 1. The number of esters is 2. The summed E-state index contributed by atoms with van der Waals surface area (Å²) >= 11 is 0. The van der Waals surface area contributed by atoms with Gasteiger partial charge >= 0.3 is 11.9 Å². The average molecular weight is 491 g/mol. The van der Waals surface area contributed by atoms with Gasteiger partial charge in [-0.25, -0.2) is 18.0 Å². The molecule has 0 saturated carbocycles. The van der Waals surface area contributed by atoms with E-state index in [9.17, 15) is 22.8 Å². The van der Waals surface area contributed by atoms with Crippen LogP contribution < -0.4 is 0 Å². The summed E-state index contributed by atoms with van der Waals surface area (Å²) in [5, 5.41) is 0. The predicted octanol–water partition coefficient (Wildman–Crippen LogP) is 3.33. The Morgan fingerprint density at radius 3 is 2.29 bits per heavy atom. The van der Waals surface area contributed by atoms with Crippen LogP contribution in [0.25, 0.3) is 0 Å². The van der Waals surface area contributed by atoms with Crippen LogP contribution in [0.3, 0.4) is 0 Å². The van der Waals surface area contributed by atoms with Gasteiger partial charge in [0.2, 0.25) is 15.8 Å². The predicted molar refractivity (Wildman–Crippen MR) is 125 cm³/mol. The lowest BCUT2D eigenvalue weighted by atomic mass is 10.1. The molecule has 1 aromatic carbocycles. The molecule has 1 atom stereocenters. The first-order valence-corrected chi connectivity index (χ1v) is 12.6. The van der Waals surface area contributed by atoms with E-state index in [1.165, 1.54) is 30.5 Å². The smallest absolute Gasteiger partial charge is 0.339 e. The number of Topliss-reactive ketones (excluding diaryl/α,β-unsaturated/α-hetero) is 1. The molecule has 1 saturated heterocycles. The molecule has 34 heavy (non-hydrogen) atoms. The number of methoxy groups -OCH3 is 1. The SMILES string of the molecule is COC(=O)c1c(C)[nH]c(C(=O)C(C)OC(=O)c2ccc(C)c(S(=O)(=O)N3CCCCC3)c2)c1C. The summed E-state index contributed by atoms with van der Waals surface area (Å²) in [6.07, 6.45) is 1.42. The molecule has 3 rings (SSSR count). The van der Waals surface area contributed by atoms with Crippen LogP contribution in [0.15, 0.2) is 23.1 Å². The second kappa shape index (κ2) is 10.1. The van der Waals surface area contributed by atoms with Gasteiger partial charge in [0.05, 0.1) is 28.8 Å². The number of H-pyrrole nitrogens is 1. The maximum absolute atomic E-state index is 13.1. The van der Waals surface area contributed by atoms with Crippen LogP contribution in [0.2, 0.25) is 0 Å². The van der Waals surface area contributed by atoms with E-state index in [4.69, 9.17) is 9.47 Å². The monoisotopic (exact) mass is 490 g/mol. The Morgan fingerprint density at radius 1 is 1.03 bits per heavy atom. The van der Waals surface area contributed by atoms with Crippen molar-refractivity contribution in [3.05, 3.63) is 51.8 Å². The molecule has 0 aliphatic carbocycles. The van der Waals surface area contributed by atoms with E-state index in [2.05, 4.69) is 4.98 Å². The molecule has 0 spiro atoms. The molecule has 1 unspecified atom stereocenters. The number of piperidine rings is 1. The zero-order valence-electron chi connectivity index (χ0n) is 20.1. The molecule has 1 N–H and O–H groups in total. The lowest BCUT2D eigenvalue weighted by Crippen LogP contribution is -2.36. The number of rotatable bonds is 7. The van der Waals surface area contributed by atoms with Crippen molar-refractivity contribution in [3.8, 4) is 0 Å². The van der Waals surface area contributed by atoms with E-state index in [1.807, 2.05) is 0 Å². The first kappa shape index (κ1) is 25.6. The van der Waals surface area contributed by atoms with E-state index in [-0.39, 0.29) is 21.7 Å². The molecule has 1 fully saturated rings. The lowest BCUT2D eigenvalue weighted by Gasteiger charge is -2.26. The topological polar surface area (TPSA) is 123 Å². The van der Waals surface area contributed by atoms with Crippen LogP contribution in [0.5, 0.6) is 0 Å². The third-order valence-corrected chi connectivity index (χ3v) is 8.12. The number of ether oxygens (including phenoxy) is 2. The summed E-state index contributed by atoms with van der Waals surface area (Å²) < 4.78 is 37.8. The van der Waals surface area contributed by atoms with E-state index in [1.54, 1.807) is 26.8 Å². The number of aryl methyl sites for hydroxylation is 2.